The molecule has 6 nitrogen and oxygen atoms in total. The van der Waals surface area contributed by atoms with Crippen molar-refractivity contribution in [2.24, 2.45) is 15.6 Å². The van der Waals surface area contributed by atoms with Crippen LogP contribution in [0.25, 0.3) is 0 Å². The Morgan fingerprint density at radius 1 is 1.78 bits per heavy atom. The molecule has 0 fully saturated rings. The van der Waals surface area contributed by atoms with Gasteiger partial charge in [-0.15, -0.1) is 0 Å². The molecular formula is C9H14B2N4O2S. The molecule has 0 saturated carbocycles. The molecular weight excluding hydrogens is 250 g/mol. The number of hydrogen-bond acceptors (Lipinski definition) is 5. The van der Waals surface area contributed by atoms with Gasteiger partial charge in [0.2, 0.25) is 0 Å². The number of nitrogens with two attached hydrogens (primary N) is 1. The molecule has 0 atom stereocenters. The Morgan fingerprint density at radius 2 is 2.56 bits per heavy atom. The van der Waals surface area contributed by atoms with E-state index in [1.807, 2.05) is 11.4 Å². The summed E-state index contributed by atoms with van der Waals surface area (Å²) in [6, 6.07) is 1.99. The fraction of sp³-hybridized carbons (Fsp3) is 0.333. The first-order valence-corrected chi connectivity index (χ1v) is 6.27. The van der Waals surface area contributed by atoms with E-state index in [4.69, 9.17) is 10.8 Å². The maximum atomic E-state index is 10.2. The molecule has 0 saturated heterocycles. The van der Waals surface area contributed by atoms with Gasteiger partial charge in [-0.25, -0.2) is 0 Å². The van der Waals surface area contributed by atoms with Crippen LogP contribution in [0.15, 0.2) is 21.3 Å². The number of hydrogen-bond donors (Lipinski definition) is 3. The molecule has 1 aromatic rings. The second kappa shape index (κ2) is 7.91. The van der Waals surface area contributed by atoms with E-state index in [1.54, 1.807) is 11.3 Å². The minimum absolute atomic E-state index is 0.220. The van der Waals surface area contributed by atoms with Crippen molar-refractivity contribution in [3.05, 3.63) is 21.9 Å². The van der Waals surface area contributed by atoms with Crippen LogP contribution in [0.2, 0.25) is 6.82 Å². The molecule has 1 heterocycles. The Hall–Kier alpha value is -1.31. The zero-order valence-corrected chi connectivity index (χ0v) is 10.9. The average molecular weight is 264 g/mol. The van der Waals surface area contributed by atoms with Gasteiger partial charge < -0.3 is 0 Å². The molecule has 1 rings (SSSR count). The van der Waals surface area contributed by atoms with Gasteiger partial charge in [-0.05, 0) is 0 Å². The summed E-state index contributed by atoms with van der Waals surface area (Å²) in [7, 11) is -0.325. The molecule has 18 heavy (non-hydrogen) atoms. The van der Waals surface area contributed by atoms with Gasteiger partial charge in [-0.2, -0.15) is 0 Å². The molecule has 0 aliphatic rings. The second-order valence-corrected chi connectivity index (χ2v) is 4.47. The van der Waals surface area contributed by atoms with Crippen molar-refractivity contribution >= 4 is 37.6 Å². The van der Waals surface area contributed by atoms with Crippen LogP contribution < -0.4 is 11.1 Å². The Labute approximate surface area is 110 Å². The van der Waals surface area contributed by atoms with Crippen LogP contribution >= 0.6 is 11.3 Å². The zero-order chi connectivity index (χ0) is 13.4. The van der Waals surface area contributed by atoms with Crippen LogP contribution in [-0.4, -0.2) is 31.3 Å². The van der Waals surface area contributed by atoms with Gasteiger partial charge in [0.1, 0.15) is 0 Å². The van der Waals surface area contributed by atoms with E-state index in [9.17, 15) is 4.70 Å². The third-order valence-electron chi connectivity index (χ3n) is 1.93. The fourth-order valence-corrected chi connectivity index (χ4v) is 1.98. The van der Waals surface area contributed by atoms with Crippen molar-refractivity contribution in [2.45, 2.75) is 19.9 Å². The van der Waals surface area contributed by atoms with Crippen molar-refractivity contribution in [1.29, 1.82) is 0 Å². The van der Waals surface area contributed by atoms with Crippen molar-refractivity contribution < 1.29 is 9.73 Å². The maximum absolute atomic E-state index is 10.2. The van der Waals surface area contributed by atoms with Crippen molar-refractivity contribution in [2.75, 3.05) is 0 Å². The molecule has 4 N–H and O–H groups in total. The third kappa shape index (κ3) is 5.35. The van der Waals surface area contributed by atoms with E-state index < -0.39 is 7.05 Å². The van der Waals surface area contributed by atoms with Crippen molar-refractivity contribution in [1.82, 2.24) is 5.32 Å². The quantitative estimate of drug-likeness (QED) is 0.391. The standard InChI is InChI=1S/C9H14B2N4O2S/c1-11(17)15-9(14-6-10-16)13-4-7-2-8(3-12)18-5-7/h2,5-6,17H,3-4,12H2,1H3,(H,13,15)/b14-6-. The first kappa shape index (κ1) is 14.7. The summed E-state index contributed by atoms with van der Waals surface area (Å²) in [5.41, 5.74) is 6.58. The molecule has 0 aliphatic carbocycles. The summed E-state index contributed by atoms with van der Waals surface area (Å²) in [4.78, 5) is 8.72. The summed E-state index contributed by atoms with van der Waals surface area (Å²) >= 11 is 1.58. The first-order chi connectivity index (χ1) is 8.65. The normalized spacial score (nSPS) is 11.6. The molecule has 0 aromatic carbocycles. The summed E-state index contributed by atoms with van der Waals surface area (Å²) in [6.45, 7) is 2.54. The summed E-state index contributed by atoms with van der Waals surface area (Å²) < 4.78 is 10.2. The number of rotatable bonds is 5. The number of guanidine groups is 1. The average Bonchev–Trinajstić information content (AvgIpc) is 2.80. The van der Waals surface area contributed by atoms with Gasteiger partial charge in [0.25, 0.3) is 0 Å². The summed E-state index contributed by atoms with van der Waals surface area (Å²) in [6.07, 6.45) is 1.08. The number of nitrogens with zero attached hydrogens (tertiary/aromatic N) is 2. The molecule has 1 aromatic heterocycles. The van der Waals surface area contributed by atoms with Crippen LogP contribution in [-0.2, 0) is 17.8 Å². The zero-order valence-electron chi connectivity index (χ0n) is 10.0. The fourth-order valence-electron chi connectivity index (χ4n) is 1.21. The van der Waals surface area contributed by atoms with E-state index >= 15 is 0 Å². The van der Waals surface area contributed by atoms with Crippen LogP contribution in [0.1, 0.15) is 10.4 Å². The Morgan fingerprint density at radius 3 is 3.11 bits per heavy atom. The van der Waals surface area contributed by atoms with Crippen LogP contribution in [0.4, 0.5) is 0 Å². The third-order valence-corrected chi connectivity index (χ3v) is 2.93. The van der Waals surface area contributed by atoms with Gasteiger partial charge in [0.05, 0.1) is 0 Å². The van der Waals surface area contributed by atoms with E-state index in [-0.39, 0.29) is 5.96 Å². The Kier molecular flexibility index (Phi) is 6.48. The SMILES string of the molecule is CB(O)N=C(/N=C\B=O)NCc1csc(CN)c1. The first-order valence-electron chi connectivity index (χ1n) is 5.39. The number of aliphatic imine (C=N–C) groups is 1. The van der Waals surface area contributed by atoms with Gasteiger partial charge in [-0.1, -0.05) is 0 Å². The molecule has 0 aliphatic heterocycles. The molecule has 94 valence electrons. The van der Waals surface area contributed by atoms with E-state index in [0.717, 1.165) is 16.6 Å². The van der Waals surface area contributed by atoms with Crippen LogP contribution in [0.3, 0.4) is 0 Å². The molecule has 0 unspecified atom stereocenters. The second-order valence-electron chi connectivity index (χ2n) is 3.48. The van der Waals surface area contributed by atoms with Crippen molar-refractivity contribution in [3.8, 4) is 0 Å². The van der Waals surface area contributed by atoms with Crippen LogP contribution in [0, 0.1) is 0 Å². The molecule has 0 radical (unpaired) electrons. The number of nitrogens with one attached hydrogen (secondary N) is 1. The predicted octanol–water partition coefficient (Wildman–Crippen LogP) is -0.159. The molecule has 9 heteroatoms. The van der Waals surface area contributed by atoms with Crippen LogP contribution in [0.5, 0.6) is 0 Å². The minimum atomic E-state index is -0.877. The van der Waals surface area contributed by atoms with E-state index in [0.29, 0.717) is 20.2 Å². The van der Waals surface area contributed by atoms with Gasteiger partial charge in [0.15, 0.2) is 0 Å². The van der Waals surface area contributed by atoms with Gasteiger partial charge in [0, 0.05) is 0 Å². The molecule has 0 bridgehead atoms. The monoisotopic (exact) mass is 264 g/mol. The Bertz CT molecular complexity index is 448. The van der Waals surface area contributed by atoms with Gasteiger partial charge >= 0.3 is 110 Å². The summed E-state index contributed by atoms with van der Waals surface area (Å²) in [5, 5.41) is 14.1. The van der Waals surface area contributed by atoms with Crippen molar-refractivity contribution in [3.63, 3.8) is 0 Å². The Balaban J connectivity index is 2.61. The topological polar surface area (TPSA) is 100 Å². The predicted molar refractivity (Wildman–Crippen MR) is 75.3 cm³/mol. The van der Waals surface area contributed by atoms with Gasteiger partial charge in [-0.3, -0.25) is 0 Å². The number of thiophene rings is 1. The molecule has 0 amide bonds. The summed E-state index contributed by atoms with van der Waals surface area (Å²) in [5.74, 6) is 0.220. The van der Waals surface area contributed by atoms with E-state index in [1.165, 1.54) is 6.82 Å². The van der Waals surface area contributed by atoms with E-state index in [2.05, 4.69) is 15.2 Å². The molecule has 0 spiro atoms.